The van der Waals surface area contributed by atoms with Crippen LogP contribution in [0.3, 0.4) is 0 Å². The SMILES string of the molecule is CC(=O)OC[C@H]1O[C@@H](n2cc(C)c(=O)[nH]c2=O)[C@@H](OC(C)=O)[C@H](N2CCOCC2)[C@@H]1OC(C)=O. The summed E-state index contributed by atoms with van der Waals surface area (Å²) in [4.78, 5) is 64.4. The van der Waals surface area contributed by atoms with Crippen LogP contribution in [-0.2, 0) is 38.1 Å². The fourth-order valence-corrected chi connectivity index (χ4v) is 4.19. The highest BCUT2D eigenvalue weighted by atomic mass is 16.6. The van der Waals surface area contributed by atoms with E-state index in [2.05, 4.69) is 4.98 Å². The molecule has 5 atom stereocenters. The van der Waals surface area contributed by atoms with Gasteiger partial charge in [-0.3, -0.25) is 33.6 Å². The molecule has 13 heteroatoms. The average molecular weight is 483 g/mol. The number of carbonyl (C=O) groups excluding carboxylic acids is 3. The van der Waals surface area contributed by atoms with Gasteiger partial charge in [-0.25, -0.2) is 4.79 Å². The van der Waals surface area contributed by atoms with Crippen molar-refractivity contribution in [2.24, 2.45) is 0 Å². The van der Waals surface area contributed by atoms with E-state index in [1.54, 1.807) is 0 Å². The maximum absolute atomic E-state index is 12.7. The van der Waals surface area contributed by atoms with Gasteiger partial charge in [0, 0.05) is 45.6 Å². The molecule has 0 amide bonds. The van der Waals surface area contributed by atoms with Crippen LogP contribution >= 0.6 is 0 Å². The standard InChI is InChI=1S/C21H29N3O10/c1-11-9-24(21(29)22-19(11)28)20-18(33-14(4)27)16(23-5-7-30-8-6-23)17(32-13(3)26)15(34-20)10-31-12(2)25/h9,15-18,20H,5-8,10H2,1-4H3,(H,22,28,29)/t15-,16-,17-,18+,20-/m1/s1. The summed E-state index contributed by atoms with van der Waals surface area (Å²) in [6.45, 7) is 6.49. The number of rotatable bonds is 6. The smallest absolute Gasteiger partial charge is 0.330 e. The molecule has 2 aliphatic rings. The Labute approximate surface area is 194 Å². The number of aromatic nitrogens is 2. The van der Waals surface area contributed by atoms with E-state index in [9.17, 15) is 24.0 Å². The lowest BCUT2D eigenvalue weighted by atomic mass is 9.92. The van der Waals surface area contributed by atoms with Gasteiger partial charge in [-0.15, -0.1) is 0 Å². The van der Waals surface area contributed by atoms with Gasteiger partial charge in [0.25, 0.3) is 5.56 Å². The molecule has 0 bridgehead atoms. The Hall–Kier alpha value is -3.03. The van der Waals surface area contributed by atoms with Crippen molar-refractivity contribution in [3.05, 3.63) is 32.6 Å². The molecule has 13 nitrogen and oxygen atoms in total. The van der Waals surface area contributed by atoms with Crippen molar-refractivity contribution in [1.29, 1.82) is 0 Å². The van der Waals surface area contributed by atoms with Gasteiger partial charge in [0.2, 0.25) is 0 Å². The summed E-state index contributed by atoms with van der Waals surface area (Å²) in [7, 11) is 0. The van der Waals surface area contributed by atoms with Gasteiger partial charge in [-0.05, 0) is 6.92 Å². The number of nitrogens with zero attached hydrogens (tertiary/aromatic N) is 2. The molecule has 0 aromatic carbocycles. The van der Waals surface area contributed by atoms with E-state index >= 15 is 0 Å². The van der Waals surface area contributed by atoms with E-state index in [1.165, 1.54) is 33.9 Å². The van der Waals surface area contributed by atoms with Crippen LogP contribution in [0.15, 0.2) is 15.8 Å². The topological polar surface area (TPSA) is 155 Å². The third-order valence-corrected chi connectivity index (χ3v) is 5.58. The molecular weight excluding hydrogens is 454 g/mol. The minimum absolute atomic E-state index is 0.228. The Morgan fingerprint density at radius 2 is 1.65 bits per heavy atom. The zero-order chi connectivity index (χ0) is 25.0. The van der Waals surface area contributed by atoms with Crippen molar-refractivity contribution in [3.63, 3.8) is 0 Å². The van der Waals surface area contributed by atoms with Crippen molar-refractivity contribution in [2.75, 3.05) is 32.9 Å². The predicted molar refractivity (Wildman–Crippen MR) is 114 cm³/mol. The third-order valence-electron chi connectivity index (χ3n) is 5.58. The van der Waals surface area contributed by atoms with E-state index in [4.69, 9.17) is 23.7 Å². The maximum atomic E-state index is 12.7. The van der Waals surface area contributed by atoms with E-state index in [0.29, 0.717) is 26.3 Å². The summed E-state index contributed by atoms with van der Waals surface area (Å²) in [6.07, 6.45) is -3.04. The third kappa shape index (κ3) is 5.90. The first-order chi connectivity index (χ1) is 16.1. The normalized spacial score (nSPS) is 27.6. The number of hydrogen-bond acceptors (Lipinski definition) is 11. The Balaban J connectivity index is 2.14. The zero-order valence-corrected chi connectivity index (χ0v) is 19.5. The second kappa shape index (κ2) is 10.9. The van der Waals surface area contributed by atoms with E-state index in [1.807, 2.05) is 4.90 Å². The highest BCUT2D eigenvalue weighted by molar-refractivity contribution is 5.67. The summed E-state index contributed by atoms with van der Waals surface area (Å²) in [5.41, 5.74) is -1.12. The van der Waals surface area contributed by atoms with Gasteiger partial charge < -0.3 is 23.7 Å². The van der Waals surface area contributed by atoms with Gasteiger partial charge >= 0.3 is 23.6 Å². The zero-order valence-electron chi connectivity index (χ0n) is 19.5. The molecule has 2 fully saturated rings. The lowest BCUT2D eigenvalue weighted by Gasteiger charge is -2.50. The summed E-state index contributed by atoms with van der Waals surface area (Å²) >= 11 is 0. The minimum Gasteiger partial charge on any atom is -0.463 e. The Morgan fingerprint density at radius 3 is 2.24 bits per heavy atom. The number of ether oxygens (including phenoxy) is 5. The van der Waals surface area contributed by atoms with Crippen LogP contribution in [0.1, 0.15) is 32.6 Å². The average Bonchev–Trinajstić information content (AvgIpc) is 2.76. The number of hydrogen-bond donors (Lipinski definition) is 1. The Kier molecular flexibility index (Phi) is 8.23. The summed E-state index contributed by atoms with van der Waals surface area (Å²) in [6, 6.07) is -0.768. The van der Waals surface area contributed by atoms with Crippen LogP contribution in [0.25, 0.3) is 0 Å². The second-order valence-corrected chi connectivity index (χ2v) is 8.13. The molecule has 3 heterocycles. The number of esters is 3. The maximum Gasteiger partial charge on any atom is 0.330 e. The molecule has 2 saturated heterocycles. The van der Waals surface area contributed by atoms with E-state index < -0.39 is 59.7 Å². The number of aromatic amines is 1. The van der Waals surface area contributed by atoms with Crippen LogP contribution in [0.4, 0.5) is 0 Å². The molecule has 0 spiro atoms. The quantitative estimate of drug-likeness (QED) is 0.386. The molecular formula is C21H29N3O10. The van der Waals surface area contributed by atoms with Crippen LogP contribution in [0, 0.1) is 6.92 Å². The van der Waals surface area contributed by atoms with Crippen molar-refractivity contribution >= 4 is 17.9 Å². The molecule has 34 heavy (non-hydrogen) atoms. The second-order valence-electron chi connectivity index (χ2n) is 8.13. The van der Waals surface area contributed by atoms with E-state index in [-0.39, 0.29) is 12.2 Å². The van der Waals surface area contributed by atoms with Crippen LogP contribution in [0.2, 0.25) is 0 Å². The number of aryl methyl sites for hydroxylation is 1. The number of nitrogens with one attached hydrogen (secondary N) is 1. The number of H-pyrrole nitrogens is 1. The van der Waals surface area contributed by atoms with Gasteiger partial charge in [0.15, 0.2) is 18.4 Å². The molecule has 0 unspecified atom stereocenters. The number of morpholine rings is 1. The molecule has 0 radical (unpaired) electrons. The summed E-state index contributed by atoms with van der Waals surface area (Å²) in [5, 5.41) is 0. The summed E-state index contributed by atoms with van der Waals surface area (Å²) < 4.78 is 29.0. The number of carbonyl (C=O) groups is 3. The lowest BCUT2D eigenvalue weighted by Crippen LogP contribution is -2.67. The van der Waals surface area contributed by atoms with Crippen LogP contribution in [0.5, 0.6) is 0 Å². The van der Waals surface area contributed by atoms with Crippen LogP contribution < -0.4 is 11.2 Å². The van der Waals surface area contributed by atoms with Gasteiger partial charge in [-0.2, -0.15) is 0 Å². The molecule has 0 saturated carbocycles. The fourth-order valence-electron chi connectivity index (χ4n) is 4.19. The molecule has 3 rings (SSSR count). The first-order valence-electron chi connectivity index (χ1n) is 10.9. The monoisotopic (exact) mass is 483 g/mol. The molecule has 1 aromatic heterocycles. The molecule has 2 aliphatic heterocycles. The highest BCUT2D eigenvalue weighted by Gasteiger charge is 2.53. The highest BCUT2D eigenvalue weighted by Crippen LogP contribution is 2.35. The molecule has 1 aromatic rings. The van der Waals surface area contributed by atoms with Crippen molar-refractivity contribution in [2.45, 2.75) is 58.3 Å². The van der Waals surface area contributed by atoms with Crippen molar-refractivity contribution < 1.29 is 38.1 Å². The van der Waals surface area contributed by atoms with Gasteiger partial charge in [0.05, 0.1) is 19.3 Å². The van der Waals surface area contributed by atoms with Crippen LogP contribution in [-0.4, -0.2) is 89.6 Å². The fraction of sp³-hybridized carbons (Fsp3) is 0.667. The largest absolute Gasteiger partial charge is 0.463 e. The first-order valence-corrected chi connectivity index (χ1v) is 10.9. The summed E-state index contributed by atoms with van der Waals surface area (Å²) in [5.74, 6) is -1.84. The van der Waals surface area contributed by atoms with E-state index in [0.717, 1.165) is 4.57 Å². The molecule has 188 valence electrons. The Morgan fingerprint density at radius 1 is 1.03 bits per heavy atom. The predicted octanol–water partition coefficient (Wildman–Crippen LogP) is -1.13. The van der Waals surface area contributed by atoms with Gasteiger partial charge in [0.1, 0.15) is 12.7 Å². The van der Waals surface area contributed by atoms with Crippen molar-refractivity contribution in [1.82, 2.24) is 14.5 Å². The Bertz CT molecular complexity index is 1030. The first kappa shape index (κ1) is 25.6. The lowest BCUT2D eigenvalue weighted by molar-refractivity contribution is -0.256. The minimum atomic E-state index is -1.22. The van der Waals surface area contributed by atoms with Crippen molar-refractivity contribution in [3.8, 4) is 0 Å². The molecule has 0 aliphatic carbocycles. The molecule has 1 N–H and O–H groups in total. The van der Waals surface area contributed by atoms with Gasteiger partial charge in [-0.1, -0.05) is 0 Å².